The summed E-state index contributed by atoms with van der Waals surface area (Å²) in [5.41, 5.74) is 1.11. The van der Waals surface area contributed by atoms with Crippen molar-refractivity contribution in [3.8, 4) is 0 Å². The highest BCUT2D eigenvalue weighted by Crippen LogP contribution is 2.29. The van der Waals surface area contributed by atoms with Crippen molar-refractivity contribution < 1.29 is 0 Å². The Morgan fingerprint density at radius 1 is 1.26 bits per heavy atom. The Morgan fingerprint density at radius 2 is 1.95 bits per heavy atom. The van der Waals surface area contributed by atoms with Crippen LogP contribution in [0.15, 0.2) is 4.47 Å². The zero-order chi connectivity index (χ0) is 13.8. The first-order valence-electron chi connectivity index (χ1n) is 7.17. The van der Waals surface area contributed by atoms with Crippen LogP contribution in [-0.2, 0) is 6.42 Å². The molecule has 1 aliphatic rings. The van der Waals surface area contributed by atoms with Gasteiger partial charge in [0.05, 0.1) is 10.2 Å². The number of anilines is 2. The van der Waals surface area contributed by atoms with Crippen LogP contribution in [0.3, 0.4) is 0 Å². The fraction of sp³-hybridized carbons (Fsp3) is 0.714. The van der Waals surface area contributed by atoms with Crippen LogP contribution in [0, 0.1) is 5.92 Å². The van der Waals surface area contributed by atoms with Crippen LogP contribution in [0.1, 0.15) is 39.3 Å². The summed E-state index contributed by atoms with van der Waals surface area (Å²) in [5, 5.41) is 3.33. The van der Waals surface area contributed by atoms with Crippen LogP contribution in [0.2, 0.25) is 0 Å². The van der Waals surface area contributed by atoms with Crippen molar-refractivity contribution in [1.29, 1.82) is 0 Å². The largest absolute Gasteiger partial charge is 0.369 e. The van der Waals surface area contributed by atoms with Crippen LogP contribution in [-0.4, -0.2) is 29.6 Å². The van der Waals surface area contributed by atoms with Gasteiger partial charge < -0.3 is 10.2 Å². The summed E-state index contributed by atoms with van der Waals surface area (Å²) >= 11 is 3.65. The van der Waals surface area contributed by atoms with Gasteiger partial charge in [-0.05, 0) is 48.0 Å². The van der Waals surface area contributed by atoms with E-state index in [0.717, 1.165) is 48.0 Å². The van der Waals surface area contributed by atoms with Gasteiger partial charge in [0.15, 0.2) is 0 Å². The quantitative estimate of drug-likeness (QED) is 0.899. The van der Waals surface area contributed by atoms with Gasteiger partial charge in [-0.3, -0.25) is 0 Å². The molecule has 2 heterocycles. The molecule has 0 saturated carbocycles. The first-order valence-corrected chi connectivity index (χ1v) is 7.96. The highest BCUT2D eigenvalue weighted by molar-refractivity contribution is 9.10. The lowest BCUT2D eigenvalue weighted by Crippen LogP contribution is -2.22. The summed E-state index contributed by atoms with van der Waals surface area (Å²) in [6, 6.07) is 0. The number of nitrogens with zero attached hydrogens (tertiary/aromatic N) is 3. The highest BCUT2D eigenvalue weighted by Gasteiger charge is 2.19. The van der Waals surface area contributed by atoms with Crippen molar-refractivity contribution in [3.05, 3.63) is 10.2 Å². The van der Waals surface area contributed by atoms with Crippen molar-refractivity contribution in [2.24, 2.45) is 5.92 Å². The summed E-state index contributed by atoms with van der Waals surface area (Å²) < 4.78 is 1.02. The van der Waals surface area contributed by atoms with Gasteiger partial charge >= 0.3 is 0 Å². The van der Waals surface area contributed by atoms with Crippen molar-refractivity contribution in [1.82, 2.24) is 9.97 Å². The van der Waals surface area contributed by atoms with E-state index in [4.69, 9.17) is 4.98 Å². The van der Waals surface area contributed by atoms with Gasteiger partial charge in [0, 0.05) is 19.6 Å². The second-order valence-corrected chi connectivity index (χ2v) is 6.25. The lowest BCUT2D eigenvalue weighted by atomic mass is 10.1. The van der Waals surface area contributed by atoms with Gasteiger partial charge in [0.1, 0.15) is 5.82 Å². The Morgan fingerprint density at radius 3 is 2.53 bits per heavy atom. The third kappa shape index (κ3) is 3.59. The van der Waals surface area contributed by atoms with E-state index < -0.39 is 0 Å². The van der Waals surface area contributed by atoms with E-state index in [1.54, 1.807) is 0 Å². The number of hydrogen-bond acceptors (Lipinski definition) is 4. The van der Waals surface area contributed by atoms with E-state index in [2.05, 4.69) is 51.9 Å². The molecule has 0 spiro atoms. The third-order valence-corrected chi connectivity index (χ3v) is 4.08. The van der Waals surface area contributed by atoms with Gasteiger partial charge in [-0.2, -0.15) is 4.98 Å². The first kappa shape index (κ1) is 14.6. The molecule has 0 atom stereocenters. The minimum absolute atomic E-state index is 0.590. The number of hydrogen-bond donors (Lipinski definition) is 1. The predicted octanol–water partition coefficient (Wildman–Crippen LogP) is 3.47. The normalized spacial score (nSPS) is 15.3. The Balaban J connectivity index is 2.34. The molecule has 0 aromatic carbocycles. The van der Waals surface area contributed by atoms with Crippen molar-refractivity contribution in [2.75, 3.05) is 29.9 Å². The average Bonchev–Trinajstić information content (AvgIpc) is 2.87. The van der Waals surface area contributed by atoms with Gasteiger partial charge in [0.2, 0.25) is 5.95 Å². The molecule has 0 unspecified atom stereocenters. The summed E-state index contributed by atoms with van der Waals surface area (Å²) in [5.74, 6) is 2.40. The van der Waals surface area contributed by atoms with Crippen molar-refractivity contribution in [2.45, 2.75) is 40.0 Å². The van der Waals surface area contributed by atoms with E-state index >= 15 is 0 Å². The summed E-state index contributed by atoms with van der Waals surface area (Å²) in [4.78, 5) is 11.7. The topological polar surface area (TPSA) is 41.1 Å². The molecular formula is C14H23BrN4. The second kappa shape index (κ2) is 6.55. The fourth-order valence-electron chi connectivity index (χ4n) is 2.35. The predicted molar refractivity (Wildman–Crippen MR) is 83.9 cm³/mol. The molecule has 0 radical (unpaired) electrons. The van der Waals surface area contributed by atoms with Crippen LogP contribution >= 0.6 is 15.9 Å². The van der Waals surface area contributed by atoms with Crippen LogP contribution in [0.5, 0.6) is 0 Å². The molecule has 2 rings (SSSR count). The maximum Gasteiger partial charge on any atom is 0.227 e. The molecular weight excluding hydrogens is 304 g/mol. The van der Waals surface area contributed by atoms with Gasteiger partial charge in [0.25, 0.3) is 0 Å². The highest BCUT2D eigenvalue weighted by atomic mass is 79.9. The van der Waals surface area contributed by atoms with Crippen LogP contribution in [0.25, 0.3) is 0 Å². The Kier molecular flexibility index (Phi) is 5.02. The van der Waals surface area contributed by atoms with Gasteiger partial charge in [-0.25, -0.2) is 4.98 Å². The minimum Gasteiger partial charge on any atom is -0.369 e. The van der Waals surface area contributed by atoms with Gasteiger partial charge in [-0.1, -0.05) is 13.8 Å². The maximum atomic E-state index is 4.77. The number of nitrogens with one attached hydrogen (secondary N) is 1. The standard InChI is InChI=1S/C14H23BrN4/c1-4-16-13-12(15)11(9-10(2)3)17-14(18-13)19-7-5-6-8-19/h10H,4-9H2,1-3H3,(H,16,17,18). The van der Waals surface area contributed by atoms with E-state index in [1.165, 1.54) is 12.8 Å². The molecule has 19 heavy (non-hydrogen) atoms. The first-order chi connectivity index (χ1) is 9.11. The molecule has 0 bridgehead atoms. The maximum absolute atomic E-state index is 4.77. The van der Waals surface area contributed by atoms with E-state index in [1.807, 2.05) is 0 Å². The molecule has 106 valence electrons. The van der Waals surface area contributed by atoms with E-state index in [-0.39, 0.29) is 0 Å². The van der Waals surface area contributed by atoms with Crippen LogP contribution in [0.4, 0.5) is 11.8 Å². The van der Waals surface area contributed by atoms with E-state index in [0.29, 0.717) is 5.92 Å². The lowest BCUT2D eigenvalue weighted by Gasteiger charge is -2.19. The van der Waals surface area contributed by atoms with Crippen molar-refractivity contribution in [3.63, 3.8) is 0 Å². The summed E-state index contributed by atoms with van der Waals surface area (Å²) in [6.07, 6.45) is 3.47. The van der Waals surface area contributed by atoms with Gasteiger partial charge in [-0.15, -0.1) is 0 Å². The minimum atomic E-state index is 0.590. The summed E-state index contributed by atoms with van der Waals surface area (Å²) in [7, 11) is 0. The number of rotatable bonds is 5. The molecule has 1 aromatic rings. The SMILES string of the molecule is CCNc1nc(N2CCCC2)nc(CC(C)C)c1Br. The summed E-state index contributed by atoms with van der Waals surface area (Å²) in [6.45, 7) is 9.55. The molecule has 5 heteroatoms. The molecule has 1 N–H and O–H groups in total. The zero-order valence-corrected chi connectivity index (χ0v) is 13.6. The third-order valence-electron chi connectivity index (χ3n) is 3.24. The smallest absolute Gasteiger partial charge is 0.227 e. The fourth-order valence-corrected chi connectivity index (χ4v) is 2.82. The Bertz CT molecular complexity index is 428. The zero-order valence-electron chi connectivity index (χ0n) is 12.0. The second-order valence-electron chi connectivity index (χ2n) is 5.46. The van der Waals surface area contributed by atoms with Crippen molar-refractivity contribution >= 4 is 27.7 Å². The number of aromatic nitrogens is 2. The molecule has 0 amide bonds. The lowest BCUT2D eigenvalue weighted by molar-refractivity contribution is 0.631. The molecule has 0 aliphatic carbocycles. The molecule has 1 saturated heterocycles. The average molecular weight is 327 g/mol. The molecule has 1 aliphatic heterocycles. The Labute approximate surface area is 124 Å². The molecule has 1 aromatic heterocycles. The van der Waals surface area contributed by atoms with E-state index in [9.17, 15) is 0 Å². The molecule has 1 fully saturated rings. The van der Waals surface area contributed by atoms with Crippen LogP contribution < -0.4 is 10.2 Å². The Hall–Kier alpha value is -0.840. The number of halogens is 1. The molecule has 4 nitrogen and oxygen atoms in total. The monoisotopic (exact) mass is 326 g/mol.